The Morgan fingerprint density at radius 1 is 1.55 bits per heavy atom. The lowest BCUT2D eigenvalue weighted by atomic mass is 10.1. The summed E-state index contributed by atoms with van der Waals surface area (Å²) in [6, 6.07) is 3.13. The van der Waals surface area contributed by atoms with Gasteiger partial charge in [0, 0.05) is 19.2 Å². The standard InChI is InChI=1S/C13H19N3O4/c1-2-13(17)20-11-5-7-15(8-6-11)10-3-4-12(14-9-10)16(18)19/h3-4,9,11,13,17H,2,5-8H2,1H3. The number of aromatic nitrogens is 1. The van der Waals surface area contributed by atoms with E-state index in [1.165, 1.54) is 12.3 Å². The molecule has 2 heterocycles. The number of rotatable bonds is 5. The average molecular weight is 281 g/mol. The minimum absolute atomic E-state index is 0.0761. The maximum Gasteiger partial charge on any atom is 0.363 e. The molecule has 0 bridgehead atoms. The summed E-state index contributed by atoms with van der Waals surface area (Å²) < 4.78 is 5.50. The normalized spacial score (nSPS) is 18.0. The van der Waals surface area contributed by atoms with Gasteiger partial charge in [0.15, 0.2) is 12.5 Å². The molecular formula is C13H19N3O4. The van der Waals surface area contributed by atoms with E-state index < -0.39 is 11.2 Å². The van der Waals surface area contributed by atoms with Crippen molar-refractivity contribution in [1.82, 2.24) is 4.98 Å². The summed E-state index contributed by atoms with van der Waals surface area (Å²) in [6.07, 6.45) is 3.16. The van der Waals surface area contributed by atoms with Crippen LogP contribution in [-0.4, -0.2) is 40.5 Å². The highest BCUT2D eigenvalue weighted by atomic mass is 16.6. The van der Waals surface area contributed by atoms with Gasteiger partial charge in [0.05, 0.1) is 11.8 Å². The minimum Gasteiger partial charge on any atom is -0.368 e. The van der Waals surface area contributed by atoms with Gasteiger partial charge >= 0.3 is 5.82 Å². The van der Waals surface area contributed by atoms with Crippen LogP contribution in [-0.2, 0) is 4.74 Å². The summed E-state index contributed by atoms with van der Waals surface area (Å²) >= 11 is 0. The number of ether oxygens (including phenoxy) is 1. The lowest BCUT2D eigenvalue weighted by Gasteiger charge is -2.33. The lowest BCUT2D eigenvalue weighted by molar-refractivity contribution is -0.389. The van der Waals surface area contributed by atoms with E-state index in [0.717, 1.165) is 31.6 Å². The summed E-state index contributed by atoms with van der Waals surface area (Å²) in [5.74, 6) is -0.141. The van der Waals surface area contributed by atoms with E-state index in [2.05, 4.69) is 9.88 Å². The number of pyridine rings is 1. The van der Waals surface area contributed by atoms with Crippen molar-refractivity contribution in [3.8, 4) is 0 Å². The molecule has 7 nitrogen and oxygen atoms in total. The van der Waals surface area contributed by atoms with Gasteiger partial charge in [-0.2, -0.15) is 0 Å². The topological polar surface area (TPSA) is 88.7 Å². The van der Waals surface area contributed by atoms with Gasteiger partial charge in [0.2, 0.25) is 0 Å². The van der Waals surface area contributed by atoms with Gasteiger partial charge in [-0.3, -0.25) is 0 Å². The van der Waals surface area contributed by atoms with Gasteiger partial charge in [-0.15, -0.1) is 0 Å². The van der Waals surface area contributed by atoms with Gasteiger partial charge < -0.3 is 24.9 Å². The van der Waals surface area contributed by atoms with E-state index in [1.54, 1.807) is 6.07 Å². The third-order valence-corrected chi connectivity index (χ3v) is 3.43. The first kappa shape index (κ1) is 14.7. The molecule has 1 saturated heterocycles. The second kappa shape index (κ2) is 6.62. The molecule has 1 aromatic heterocycles. The number of nitro groups is 1. The predicted octanol–water partition coefficient (Wildman–Crippen LogP) is 1.70. The fraction of sp³-hybridized carbons (Fsp3) is 0.615. The Bertz CT molecular complexity index is 443. The van der Waals surface area contributed by atoms with E-state index in [1.807, 2.05) is 6.92 Å². The van der Waals surface area contributed by atoms with Crippen molar-refractivity contribution < 1.29 is 14.8 Å². The predicted molar refractivity (Wildman–Crippen MR) is 73.5 cm³/mol. The van der Waals surface area contributed by atoms with Crippen LogP contribution in [0.4, 0.5) is 11.5 Å². The molecule has 1 unspecified atom stereocenters. The lowest BCUT2D eigenvalue weighted by Crippen LogP contribution is -2.38. The highest BCUT2D eigenvalue weighted by molar-refractivity contribution is 5.46. The van der Waals surface area contributed by atoms with Crippen LogP contribution >= 0.6 is 0 Å². The van der Waals surface area contributed by atoms with Crippen LogP contribution in [0.3, 0.4) is 0 Å². The maximum atomic E-state index is 10.6. The van der Waals surface area contributed by atoms with Crippen molar-refractivity contribution in [1.29, 1.82) is 0 Å². The molecule has 1 aliphatic heterocycles. The van der Waals surface area contributed by atoms with Gasteiger partial charge in [-0.25, -0.2) is 0 Å². The summed E-state index contributed by atoms with van der Waals surface area (Å²) in [7, 11) is 0. The van der Waals surface area contributed by atoms with Gasteiger partial charge in [-0.1, -0.05) is 6.92 Å². The molecule has 0 aliphatic carbocycles. The Balaban J connectivity index is 1.88. The number of nitrogens with zero attached hydrogens (tertiary/aromatic N) is 3. The van der Waals surface area contributed by atoms with Crippen LogP contribution in [0.1, 0.15) is 26.2 Å². The Morgan fingerprint density at radius 2 is 2.25 bits per heavy atom. The summed E-state index contributed by atoms with van der Waals surface area (Å²) in [5.41, 5.74) is 0.880. The van der Waals surface area contributed by atoms with Crippen LogP contribution in [0, 0.1) is 10.1 Å². The Hall–Kier alpha value is -1.73. The molecule has 1 aliphatic rings. The summed E-state index contributed by atoms with van der Waals surface area (Å²) in [5, 5.41) is 20.0. The number of hydrogen-bond acceptors (Lipinski definition) is 6. The molecule has 0 saturated carbocycles. The van der Waals surface area contributed by atoms with Crippen LogP contribution in [0.25, 0.3) is 0 Å². The van der Waals surface area contributed by atoms with E-state index >= 15 is 0 Å². The monoisotopic (exact) mass is 281 g/mol. The third-order valence-electron chi connectivity index (χ3n) is 3.43. The van der Waals surface area contributed by atoms with Crippen molar-refractivity contribution in [3.63, 3.8) is 0 Å². The van der Waals surface area contributed by atoms with E-state index in [0.29, 0.717) is 6.42 Å². The average Bonchev–Trinajstić information content (AvgIpc) is 2.48. The van der Waals surface area contributed by atoms with E-state index in [9.17, 15) is 15.2 Å². The first-order valence-corrected chi connectivity index (χ1v) is 6.79. The molecule has 0 aromatic carbocycles. The quantitative estimate of drug-likeness (QED) is 0.502. The van der Waals surface area contributed by atoms with Gasteiger partial charge in [0.1, 0.15) is 0 Å². The van der Waals surface area contributed by atoms with Crippen molar-refractivity contribution in [2.75, 3.05) is 18.0 Å². The first-order valence-electron chi connectivity index (χ1n) is 6.79. The number of piperidine rings is 1. The minimum atomic E-state index is -0.687. The molecule has 7 heteroatoms. The molecule has 110 valence electrons. The molecule has 1 aromatic rings. The van der Waals surface area contributed by atoms with Crippen LogP contribution < -0.4 is 4.90 Å². The fourth-order valence-electron chi connectivity index (χ4n) is 2.24. The molecule has 1 fully saturated rings. The molecule has 0 amide bonds. The number of aliphatic hydroxyl groups excluding tert-OH is 1. The van der Waals surface area contributed by atoms with Crippen LogP contribution in [0.5, 0.6) is 0 Å². The van der Waals surface area contributed by atoms with E-state index in [4.69, 9.17) is 4.74 Å². The summed E-state index contributed by atoms with van der Waals surface area (Å²) in [6.45, 7) is 3.46. The molecule has 0 spiro atoms. The van der Waals surface area contributed by atoms with Crippen LogP contribution in [0.15, 0.2) is 18.3 Å². The highest BCUT2D eigenvalue weighted by Crippen LogP contribution is 2.22. The second-order valence-corrected chi connectivity index (χ2v) is 4.82. The van der Waals surface area contributed by atoms with Gasteiger partial charge in [0.25, 0.3) is 0 Å². The molecule has 20 heavy (non-hydrogen) atoms. The van der Waals surface area contributed by atoms with E-state index in [-0.39, 0.29) is 11.9 Å². The number of hydrogen-bond donors (Lipinski definition) is 1. The largest absolute Gasteiger partial charge is 0.368 e. The third kappa shape index (κ3) is 3.64. The van der Waals surface area contributed by atoms with Crippen molar-refractivity contribution >= 4 is 11.5 Å². The molecule has 1 N–H and O–H groups in total. The Morgan fingerprint density at radius 3 is 2.75 bits per heavy atom. The van der Waals surface area contributed by atoms with Gasteiger partial charge in [-0.05, 0) is 35.2 Å². The Labute approximate surface area is 117 Å². The maximum absolute atomic E-state index is 10.6. The number of aliphatic hydroxyl groups is 1. The van der Waals surface area contributed by atoms with Crippen molar-refractivity contribution in [3.05, 3.63) is 28.4 Å². The molecular weight excluding hydrogens is 262 g/mol. The zero-order chi connectivity index (χ0) is 14.5. The smallest absolute Gasteiger partial charge is 0.363 e. The zero-order valence-electron chi connectivity index (χ0n) is 11.4. The Kier molecular flexibility index (Phi) is 4.86. The zero-order valence-corrected chi connectivity index (χ0v) is 11.4. The highest BCUT2D eigenvalue weighted by Gasteiger charge is 2.22. The molecule has 1 atom stereocenters. The second-order valence-electron chi connectivity index (χ2n) is 4.82. The number of anilines is 1. The first-order chi connectivity index (χ1) is 9.60. The van der Waals surface area contributed by atoms with Crippen LogP contribution in [0.2, 0.25) is 0 Å². The molecule has 2 rings (SSSR count). The van der Waals surface area contributed by atoms with Crippen molar-refractivity contribution in [2.24, 2.45) is 0 Å². The summed E-state index contributed by atoms with van der Waals surface area (Å²) in [4.78, 5) is 16.0. The fourth-order valence-corrected chi connectivity index (χ4v) is 2.24. The SMILES string of the molecule is CCC(O)OC1CCN(c2ccc([N+](=O)[O-])nc2)CC1. The molecule has 0 radical (unpaired) electrons. The van der Waals surface area contributed by atoms with Crippen molar-refractivity contribution in [2.45, 2.75) is 38.6 Å².